The molecule has 2 aromatic rings. The van der Waals surface area contributed by atoms with E-state index in [0.29, 0.717) is 10.0 Å². The van der Waals surface area contributed by atoms with E-state index in [1.807, 2.05) is 0 Å². The molecule has 11 heteroatoms. The molecule has 1 atom stereocenters. The zero-order valence-corrected chi connectivity index (χ0v) is 16.1. The van der Waals surface area contributed by atoms with Crippen molar-refractivity contribution in [3.63, 3.8) is 0 Å². The summed E-state index contributed by atoms with van der Waals surface area (Å²) < 4.78 is 32.6. The zero-order chi connectivity index (χ0) is 18.3. The van der Waals surface area contributed by atoms with Gasteiger partial charge in [-0.2, -0.15) is 0 Å². The maximum Gasteiger partial charge on any atom is 0.240 e. The Hall–Kier alpha value is -1.53. The molecule has 25 heavy (non-hydrogen) atoms. The highest BCUT2D eigenvalue weighted by atomic mass is 32.2. The Morgan fingerprint density at radius 2 is 2.08 bits per heavy atom. The topological polar surface area (TPSA) is 110 Å². The van der Waals surface area contributed by atoms with Gasteiger partial charge in [0.25, 0.3) is 0 Å². The standard InChI is InChI=1S/C14H18N4O4S3/c1-10(7-22-2)18-25(20,21)12-5-3-11(4-6-12)16-13(19)8-23-14-17-15-9-24-14/h3-6,9-10,18H,7-8H2,1-2H3,(H,16,19). The third-order valence-corrected chi connectivity index (χ3v) is 6.35. The van der Waals surface area contributed by atoms with E-state index in [9.17, 15) is 13.2 Å². The van der Waals surface area contributed by atoms with Crippen molar-refractivity contribution in [2.75, 3.05) is 24.8 Å². The van der Waals surface area contributed by atoms with Crippen molar-refractivity contribution in [1.29, 1.82) is 0 Å². The maximum absolute atomic E-state index is 12.2. The Morgan fingerprint density at radius 3 is 2.68 bits per heavy atom. The van der Waals surface area contributed by atoms with Gasteiger partial charge in [0, 0.05) is 18.8 Å². The lowest BCUT2D eigenvalue weighted by atomic mass is 10.3. The van der Waals surface area contributed by atoms with Crippen LogP contribution in [0.1, 0.15) is 6.92 Å². The Bertz CT molecular complexity index is 779. The van der Waals surface area contributed by atoms with E-state index in [2.05, 4.69) is 20.2 Å². The van der Waals surface area contributed by atoms with Gasteiger partial charge in [0.05, 0.1) is 17.3 Å². The summed E-state index contributed by atoms with van der Waals surface area (Å²) in [6.45, 7) is 1.99. The number of ether oxygens (including phenoxy) is 1. The predicted octanol–water partition coefficient (Wildman–Crippen LogP) is 1.58. The van der Waals surface area contributed by atoms with Crippen LogP contribution in [0.2, 0.25) is 0 Å². The molecule has 2 rings (SSSR count). The number of anilines is 1. The molecule has 1 unspecified atom stereocenters. The molecule has 8 nitrogen and oxygen atoms in total. The minimum atomic E-state index is -3.63. The molecule has 0 aliphatic rings. The van der Waals surface area contributed by atoms with Gasteiger partial charge in [-0.15, -0.1) is 10.2 Å². The number of nitrogens with zero attached hydrogens (tertiary/aromatic N) is 2. The van der Waals surface area contributed by atoms with Crippen molar-refractivity contribution in [3.05, 3.63) is 29.8 Å². The van der Waals surface area contributed by atoms with Crippen molar-refractivity contribution < 1.29 is 17.9 Å². The van der Waals surface area contributed by atoms with Crippen LogP contribution in [0.3, 0.4) is 0 Å². The largest absolute Gasteiger partial charge is 0.383 e. The van der Waals surface area contributed by atoms with E-state index in [1.165, 1.54) is 42.3 Å². The molecule has 0 saturated carbocycles. The Kier molecular flexibility index (Phi) is 7.32. The summed E-state index contributed by atoms with van der Waals surface area (Å²) in [5.74, 6) is -0.00615. The van der Waals surface area contributed by atoms with Crippen molar-refractivity contribution in [2.24, 2.45) is 0 Å². The second-order valence-electron chi connectivity index (χ2n) is 5.04. The fourth-order valence-electron chi connectivity index (χ4n) is 1.88. The van der Waals surface area contributed by atoms with Gasteiger partial charge in [-0.25, -0.2) is 13.1 Å². The quantitative estimate of drug-likeness (QED) is 0.613. The van der Waals surface area contributed by atoms with Crippen LogP contribution in [0.15, 0.2) is 39.0 Å². The first-order chi connectivity index (χ1) is 11.9. The third kappa shape index (κ3) is 6.36. The van der Waals surface area contributed by atoms with Gasteiger partial charge in [0.1, 0.15) is 5.51 Å². The molecular formula is C14H18N4O4S3. The number of carbonyl (C=O) groups excluding carboxylic acids is 1. The summed E-state index contributed by atoms with van der Waals surface area (Å²) in [6, 6.07) is 5.63. The molecule has 0 radical (unpaired) electrons. The number of sulfonamides is 1. The second-order valence-corrected chi connectivity index (χ2v) is 8.81. The monoisotopic (exact) mass is 402 g/mol. The Labute approximate surface area is 154 Å². The summed E-state index contributed by atoms with van der Waals surface area (Å²) in [7, 11) is -2.12. The molecule has 1 aromatic carbocycles. The van der Waals surface area contributed by atoms with Crippen LogP contribution in [0.4, 0.5) is 5.69 Å². The Morgan fingerprint density at radius 1 is 1.36 bits per heavy atom. The summed E-state index contributed by atoms with van der Waals surface area (Å²) in [5.41, 5.74) is 2.12. The van der Waals surface area contributed by atoms with E-state index in [0.717, 1.165) is 0 Å². The van der Waals surface area contributed by atoms with Crippen molar-refractivity contribution >= 4 is 44.7 Å². The number of benzene rings is 1. The third-order valence-electron chi connectivity index (χ3n) is 2.89. The van der Waals surface area contributed by atoms with Crippen LogP contribution in [0.25, 0.3) is 0 Å². The lowest BCUT2D eigenvalue weighted by Gasteiger charge is -2.13. The molecule has 0 saturated heterocycles. The summed E-state index contributed by atoms with van der Waals surface area (Å²) >= 11 is 2.65. The average Bonchev–Trinajstić information content (AvgIpc) is 3.06. The number of methoxy groups -OCH3 is 1. The first-order valence-corrected chi connectivity index (χ1v) is 10.6. The van der Waals surface area contributed by atoms with Gasteiger partial charge < -0.3 is 10.1 Å². The average molecular weight is 403 g/mol. The SMILES string of the molecule is COCC(C)NS(=O)(=O)c1ccc(NC(=O)CSc2nncs2)cc1. The predicted molar refractivity (Wildman–Crippen MR) is 97.4 cm³/mol. The van der Waals surface area contributed by atoms with E-state index >= 15 is 0 Å². The number of rotatable bonds is 9. The summed E-state index contributed by atoms with van der Waals surface area (Å²) in [6.07, 6.45) is 0. The minimum Gasteiger partial charge on any atom is -0.383 e. The van der Waals surface area contributed by atoms with E-state index in [1.54, 1.807) is 24.6 Å². The van der Waals surface area contributed by atoms with Crippen LogP contribution in [-0.4, -0.2) is 50.0 Å². The number of carbonyl (C=O) groups is 1. The fraction of sp³-hybridized carbons (Fsp3) is 0.357. The van der Waals surface area contributed by atoms with Crippen LogP contribution >= 0.6 is 23.1 Å². The van der Waals surface area contributed by atoms with Crippen LogP contribution < -0.4 is 10.0 Å². The summed E-state index contributed by atoms with van der Waals surface area (Å²) in [4.78, 5) is 12.0. The summed E-state index contributed by atoms with van der Waals surface area (Å²) in [5, 5.41) is 10.2. The lowest BCUT2D eigenvalue weighted by Crippen LogP contribution is -2.35. The smallest absolute Gasteiger partial charge is 0.240 e. The van der Waals surface area contributed by atoms with Crippen LogP contribution in [-0.2, 0) is 19.6 Å². The zero-order valence-electron chi connectivity index (χ0n) is 13.6. The Balaban J connectivity index is 1.91. The number of hydrogen-bond acceptors (Lipinski definition) is 8. The highest BCUT2D eigenvalue weighted by molar-refractivity contribution is 8.01. The van der Waals surface area contributed by atoms with Gasteiger partial charge in [0.15, 0.2) is 4.34 Å². The van der Waals surface area contributed by atoms with Gasteiger partial charge in [0.2, 0.25) is 15.9 Å². The first-order valence-electron chi connectivity index (χ1n) is 7.21. The van der Waals surface area contributed by atoms with Crippen LogP contribution in [0.5, 0.6) is 0 Å². The molecule has 136 valence electrons. The fourth-order valence-corrected chi connectivity index (χ4v) is 4.40. The van der Waals surface area contributed by atoms with Crippen molar-refractivity contribution in [2.45, 2.75) is 22.2 Å². The highest BCUT2D eigenvalue weighted by Gasteiger charge is 2.17. The first kappa shape index (κ1) is 19.8. The van der Waals surface area contributed by atoms with Gasteiger partial charge in [-0.1, -0.05) is 23.1 Å². The van der Waals surface area contributed by atoms with E-state index in [-0.39, 0.29) is 29.2 Å². The van der Waals surface area contributed by atoms with Crippen molar-refractivity contribution in [1.82, 2.24) is 14.9 Å². The molecule has 1 amide bonds. The molecule has 0 aliphatic heterocycles. The lowest BCUT2D eigenvalue weighted by molar-refractivity contribution is -0.113. The molecule has 0 spiro atoms. The number of amides is 1. The molecule has 1 heterocycles. The number of nitrogens with one attached hydrogen (secondary N) is 2. The highest BCUT2D eigenvalue weighted by Crippen LogP contribution is 2.19. The van der Waals surface area contributed by atoms with E-state index in [4.69, 9.17) is 4.74 Å². The van der Waals surface area contributed by atoms with Gasteiger partial charge in [-0.3, -0.25) is 4.79 Å². The maximum atomic E-state index is 12.2. The number of thioether (sulfide) groups is 1. The number of hydrogen-bond donors (Lipinski definition) is 2. The normalized spacial score (nSPS) is 12.7. The van der Waals surface area contributed by atoms with E-state index < -0.39 is 10.0 Å². The van der Waals surface area contributed by atoms with Crippen LogP contribution in [0, 0.1) is 0 Å². The molecule has 0 bridgehead atoms. The molecule has 0 fully saturated rings. The van der Waals surface area contributed by atoms with Gasteiger partial charge >= 0.3 is 0 Å². The molecule has 2 N–H and O–H groups in total. The number of aromatic nitrogens is 2. The second kappa shape index (κ2) is 9.25. The molecular weight excluding hydrogens is 384 g/mol. The minimum absolute atomic E-state index is 0.122. The van der Waals surface area contributed by atoms with Gasteiger partial charge in [-0.05, 0) is 31.2 Å². The molecule has 0 aliphatic carbocycles. The molecule has 1 aromatic heterocycles. The van der Waals surface area contributed by atoms with Crippen molar-refractivity contribution in [3.8, 4) is 0 Å².